The van der Waals surface area contributed by atoms with Crippen LogP contribution in [0.1, 0.15) is 32.0 Å². The lowest BCUT2D eigenvalue weighted by Crippen LogP contribution is -2.37. The molecule has 0 atom stereocenters. The Labute approximate surface area is 158 Å². The van der Waals surface area contributed by atoms with Crippen molar-refractivity contribution in [1.82, 2.24) is 15.3 Å². The summed E-state index contributed by atoms with van der Waals surface area (Å²) in [4.78, 5) is 32.5. The van der Waals surface area contributed by atoms with Gasteiger partial charge in [0.1, 0.15) is 0 Å². The number of hydrogen-bond acceptors (Lipinski definition) is 5. The zero-order valence-corrected chi connectivity index (χ0v) is 15.5. The molecule has 0 fully saturated rings. The molecule has 0 bridgehead atoms. The Bertz CT molecular complexity index is 803. The van der Waals surface area contributed by atoms with Gasteiger partial charge in [-0.1, -0.05) is 31.9 Å². The molecule has 142 valence electrons. The maximum absolute atomic E-state index is 12.3. The second-order valence-electron chi connectivity index (χ2n) is 6.03. The van der Waals surface area contributed by atoms with E-state index in [1.165, 1.54) is 6.08 Å². The molecule has 1 aromatic heterocycles. The van der Waals surface area contributed by atoms with E-state index in [-0.39, 0.29) is 11.9 Å². The van der Waals surface area contributed by atoms with Gasteiger partial charge >= 0.3 is 6.03 Å². The van der Waals surface area contributed by atoms with Crippen LogP contribution < -0.4 is 15.3 Å². The minimum Gasteiger partial charge on any atom is -0.545 e. The number of carbonyl (C=O) groups is 2. The maximum atomic E-state index is 12.3. The van der Waals surface area contributed by atoms with E-state index in [0.29, 0.717) is 6.54 Å². The monoisotopic (exact) mass is 367 g/mol. The Balaban J connectivity index is 2.08. The molecular formula is C20H23N4O3-. The number of anilines is 1. The van der Waals surface area contributed by atoms with E-state index in [0.717, 1.165) is 42.2 Å². The summed E-state index contributed by atoms with van der Waals surface area (Å²) < 4.78 is 0. The van der Waals surface area contributed by atoms with Crippen LogP contribution in [-0.2, 0) is 4.79 Å². The molecule has 1 N–H and O–H groups in total. The van der Waals surface area contributed by atoms with Gasteiger partial charge in [0, 0.05) is 37.2 Å². The molecule has 0 spiro atoms. The molecule has 1 aromatic carbocycles. The molecule has 2 amide bonds. The molecular weight excluding hydrogens is 344 g/mol. The number of carboxylic acid groups (broad SMARTS) is 1. The number of benzene rings is 1. The Kier molecular flexibility index (Phi) is 7.49. The summed E-state index contributed by atoms with van der Waals surface area (Å²) in [7, 11) is 1.72. The number of nitrogens with one attached hydrogen (secondary N) is 1. The Morgan fingerprint density at radius 3 is 2.59 bits per heavy atom. The van der Waals surface area contributed by atoms with E-state index >= 15 is 0 Å². The third-order valence-electron chi connectivity index (χ3n) is 3.97. The number of urea groups is 1. The van der Waals surface area contributed by atoms with Gasteiger partial charge in [0.25, 0.3) is 0 Å². The van der Waals surface area contributed by atoms with Crippen LogP contribution in [-0.4, -0.2) is 35.6 Å². The van der Waals surface area contributed by atoms with Crippen molar-refractivity contribution < 1.29 is 14.7 Å². The normalized spacial score (nSPS) is 10.7. The fourth-order valence-corrected chi connectivity index (χ4v) is 2.42. The van der Waals surface area contributed by atoms with Crippen molar-refractivity contribution in [2.75, 3.05) is 18.5 Å². The largest absolute Gasteiger partial charge is 0.545 e. The van der Waals surface area contributed by atoms with Crippen molar-refractivity contribution in [2.24, 2.45) is 0 Å². The van der Waals surface area contributed by atoms with E-state index in [1.54, 1.807) is 24.3 Å². The molecule has 2 aromatic rings. The van der Waals surface area contributed by atoms with Crippen LogP contribution in [0.15, 0.2) is 42.7 Å². The first-order valence-corrected chi connectivity index (χ1v) is 8.84. The molecule has 0 aliphatic carbocycles. The second-order valence-corrected chi connectivity index (χ2v) is 6.03. The van der Waals surface area contributed by atoms with Crippen molar-refractivity contribution >= 4 is 23.8 Å². The highest BCUT2D eigenvalue weighted by Gasteiger charge is 2.11. The van der Waals surface area contributed by atoms with Crippen LogP contribution in [0.25, 0.3) is 17.2 Å². The average molecular weight is 367 g/mol. The van der Waals surface area contributed by atoms with Crippen LogP contribution in [0.2, 0.25) is 0 Å². The number of amides is 2. The molecule has 0 aliphatic rings. The van der Waals surface area contributed by atoms with Crippen molar-refractivity contribution in [1.29, 1.82) is 0 Å². The molecule has 7 nitrogen and oxygen atoms in total. The maximum Gasteiger partial charge on any atom is 0.321 e. The summed E-state index contributed by atoms with van der Waals surface area (Å²) in [5.74, 6) is -1.02. The first kappa shape index (κ1) is 20.1. The fraction of sp³-hybridized carbons (Fsp3) is 0.300. The van der Waals surface area contributed by atoms with Crippen molar-refractivity contribution in [3.05, 3.63) is 48.6 Å². The smallest absolute Gasteiger partial charge is 0.321 e. The summed E-state index contributed by atoms with van der Waals surface area (Å²) in [6.07, 6.45) is 8.52. The van der Waals surface area contributed by atoms with Crippen LogP contribution in [0, 0.1) is 0 Å². The van der Waals surface area contributed by atoms with E-state index < -0.39 is 5.97 Å². The molecule has 0 saturated carbocycles. The number of hydrogen-bond donors (Lipinski definition) is 1. The van der Waals surface area contributed by atoms with Gasteiger partial charge in [-0.25, -0.2) is 14.8 Å². The first-order chi connectivity index (χ1) is 13.0. The Morgan fingerprint density at radius 1 is 1.19 bits per heavy atom. The van der Waals surface area contributed by atoms with Gasteiger partial charge < -0.3 is 15.2 Å². The van der Waals surface area contributed by atoms with Gasteiger partial charge in [0.05, 0.1) is 5.97 Å². The summed E-state index contributed by atoms with van der Waals surface area (Å²) in [5, 5.41) is 13.3. The fourth-order valence-electron chi connectivity index (χ4n) is 2.42. The predicted molar refractivity (Wildman–Crippen MR) is 103 cm³/mol. The highest BCUT2D eigenvalue weighted by atomic mass is 16.4. The van der Waals surface area contributed by atoms with Gasteiger partial charge in [-0.3, -0.25) is 4.90 Å². The molecule has 0 saturated heterocycles. The summed E-state index contributed by atoms with van der Waals surface area (Å²) >= 11 is 0. The van der Waals surface area contributed by atoms with Gasteiger partial charge in [0.2, 0.25) is 0 Å². The summed E-state index contributed by atoms with van der Waals surface area (Å²) in [6, 6.07) is 7.33. The van der Waals surface area contributed by atoms with Crippen LogP contribution in [0.4, 0.5) is 10.5 Å². The van der Waals surface area contributed by atoms with E-state index in [2.05, 4.69) is 22.2 Å². The molecule has 1 heterocycles. The summed E-state index contributed by atoms with van der Waals surface area (Å²) in [6.45, 7) is 2.78. The zero-order chi connectivity index (χ0) is 19.6. The number of carboxylic acids is 1. The number of rotatable bonds is 8. The molecule has 7 heteroatoms. The minimum absolute atomic E-state index is 0.151. The van der Waals surface area contributed by atoms with E-state index in [9.17, 15) is 14.7 Å². The zero-order valence-electron chi connectivity index (χ0n) is 15.5. The standard InChI is InChI=1S/C20H24N4O3/c1-3-4-5-11-21-20(27)24(2)17-8-6-7-15(12-17)16-13-22-18(23-14-16)9-10-19(25)26/h6-10,12-14H,3-5,11H2,1-2H3,(H,21,27)(H,25,26)/p-1. The number of nitrogens with zero attached hydrogens (tertiary/aromatic N) is 3. The molecule has 0 radical (unpaired) electrons. The third kappa shape index (κ3) is 6.22. The van der Waals surface area contributed by atoms with Gasteiger partial charge in [-0.2, -0.15) is 0 Å². The summed E-state index contributed by atoms with van der Waals surface area (Å²) in [5.41, 5.74) is 2.37. The van der Waals surface area contributed by atoms with E-state index in [1.807, 2.05) is 24.3 Å². The lowest BCUT2D eigenvalue weighted by molar-refractivity contribution is -0.297. The lowest BCUT2D eigenvalue weighted by Gasteiger charge is -2.19. The molecule has 27 heavy (non-hydrogen) atoms. The quantitative estimate of drug-likeness (QED) is 0.570. The van der Waals surface area contributed by atoms with Gasteiger partial charge in [-0.05, 0) is 36.3 Å². The minimum atomic E-state index is -1.30. The van der Waals surface area contributed by atoms with Crippen molar-refractivity contribution in [2.45, 2.75) is 26.2 Å². The Hall–Kier alpha value is -3.22. The number of unbranched alkanes of at least 4 members (excludes halogenated alkanes) is 2. The highest BCUT2D eigenvalue weighted by Crippen LogP contribution is 2.23. The second kappa shape index (κ2) is 10.1. The first-order valence-electron chi connectivity index (χ1n) is 8.84. The highest BCUT2D eigenvalue weighted by molar-refractivity contribution is 5.92. The van der Waals surface area contributed by atoms with Gasteiger partial charge in [-0.15, -0.1) is 0 Å². The van der Waals surface area contributed by atoms with E-state index in [4.69, 9.17) is 0 Å². The molecule has 0 unspecified atom stereocenters. The van der Waals surface area contributed by atoms with Crippen molar-refractivity contribution in [3.63, 3.8) is 0 Å². The number of carbonyl (C=O) groups excluding carboxylic acids is 2. The Morgan fingerprint density at radius 2 is 1.93 bits per heavy atom. The lowest BCUT2D eigenvalue weighted by atomic mass is 10.1. The number of aliphatic carboxylic acids is 1. The SMILES string of the molecule is CCCCCNC(=O)N(C)c1cccc(-c2cnc(C=CC(=O)[O-])nc2)c1. The van der Waals surface area contributed by atoms with Crippen molar-refractivity contribution in [3.8, 4) is 11.1 Å². The topological polar surface area (TPSA) is 98.2 Å². The molecule has 0 aliphatic heterocycles. The number of aromatic nitrogens is 2. The average Bonchev–Trinajstić information content (AvgIpc) is 2.69. The third-order valence-corrected chi connectivity index (χ3v) is 3.97. The molecule has 2 rings (SSSR count). The van der Waals surface area contributed by atoms with Gasteiger partial charge in [0.15, 0.2) is 5.82 Å². The van der Waals surface area contributed by atoms with Crippen LogP contribution in [0.3, 0.4) is 0 Å². The van der Waals surface area contributed by atoms with Crippen LogP contribution >= 0.6 is 0 Å². The van der Waals surface area contributed by atoms with Crippen LogP contribution in [0.5, 0.6) is 0 Å². The predicted octanol–water partition coefficient (Wildman–Crippen LogP) is 2.24.